The predicted octanol–water partition coefficient (Wildman–Crippen LogP) is 7.69. The molecule has 0 fully saturated rings. The van der Waals surface area contributed by atoms with Crippen molar-refractivity contribution < 1.29 is 17.0 Å². The van der Waals surface area contributed by atoms with E-state index in [4.69, 9.17) is 0 Å². The van der Waals surface area contributed by atoms with Crippen LogP contribution in [0.15, 0.2) is 120 Å². The van der Waals surface area contributed by atoms with E-state index in [9.17, 15) is 0 Å². The van der Waals surface area contributed by atoms with Crippen LogP contribution < -0.4 is 17.3 Å². The molecule has 0 amide bonds. The van der Waals surface area contributed by atoms with Crippen molar-refractivity contribution in [1.82, 2.24) is 0 Å². The first kappa shape index (κ1) is 32.8. The molecule has 3 aliphatic rings. The molecule has 0 radical (unpaired) electrons. The van der Waals surface area contributed by atoms with Crippen LogP contribution in [0.1, 0.15) is 90.3 Å². The molecule has 0 unspecified atom stereocenters. The molecule has 45 heavy (non-hydrogen) atoms. The van der Waals surface area contributed by atoms with Crippen molar-refractivity contribution in [2.24, 2.45) is 0 Å². The van der Waals surface area contributed by atoms with Crippen LogP contribution >= 0.6 is 0 Å². The van der Waals surface area contributed by atoms with Crippen LogP contribution in [0.25, 0.3) is 5.57 Å². The minimum atomic E-state index is -0.0285. The Morgan fingerprint density at radius 3 is 2.16 bits per heavy atom. The van der Waals surface area contributed by atoms with Crippen LogP contribution in [-0.2, 0) is 10.8 Å². The maximum atomic E-state index is 2.56. The number of benzene rings is 3. The van der Waals surface area contributed by atoms with Crippen LogP contribution in [0.4, 0.5) is 11.4 Å². The van der Waals surface area contributed by atoms with Gasteiger partial charge >= 0.3 is 0 Å². The van der Waals surface area contributed by atoms with Gasteiger partial charge in [-0.15, -0.1) is 0 Å². The fourth-order valence-electron chi connectivity index (χ4n) is 7.80. The number of nitrogens with zero attached hydrogens (tertiary/aromatic N) is 2. The molecule has 2 heterocycles. The van der Waals surface area contributed by atoms with Crippen LogP contribution in [-0.4, -0.2) is 23.4 Å². The summed E-state index contributed by atoms with van der Waals surface area (Å²) in [6, 6.07) is 29.0. The van der Waals surface area contributed by atoms with Gasteiger partial charge in [0.05, 0.1) is 5.41 Å². The summed E-state index contributed by atoms with van der Waals surface area (Å²) < 4.78 is 2.56. The summed E-state index contributed by atoms with van der Waals surface area (Å²) in [6.45, 7) is 16.2. The maximum absolute atomic E-state index is 2.56. The zero-order valence-electron chi connectivity index (χ0n) is 28.0. The number of allylic oxidation sites excluding steroid dienone is 8. The van der Waals surface area contributed by atoms with Crippen LogP contribution in [0.5, 0.6) is 0 Å². The average Bonchev–Trinajstić information content (AvgIpc) is 3.38. The van der Waals surface area contributed by atoms with E-state index in [0.29, 0.717) is 0 Å². The zero-order chi connectivity index (χ0) is 30.9. The second-order valence-electron chi connectivity index (χ2n) is 13.7. The van der Waals surface area contributed by atoms with Crippen molar-refractivity contribution in [3.8, 4) is 0 Å². The second kappa shape index (κ2) is 13.4. The molecule has 3 aromatic carbocycles. The van der Waals surface area contributed by atoms with Gasteiger partial charge in [0.25, 0.3) is 0 Å². The smallest absolute Gasteiger partial charge is 0.209 e. The third-order valence-corrected chi connectivity index (χ3v) is 9.97. The molecule has 0 spiro atoms. The molecule has 0 aromatic heterocycles. The summed E-state index contributed by atoms with van der Waals surface area (Å²) in [5.41, 5.74) is 14.0. The van der Waals surface area contributed by atoms with Gasteiger partial charge in [0.2, 0.25) is 5.69 Å². The summed E-state index contributed by atoms with van der Waals surface area (Å²) >= 11 is 0. The lowest BCUT2D eigenvalue weighted by atomic mass is 9.79. The van der Waals surface area contributed by atoms with Gasteiger partial charge in [-0.05, 0) is 79.5 Å². The highest BCUT2D eigenvalue weighted by Gasteiger charge is 2.44. The number of hydrogen-bond acceptors (Lipinski definition) is 1. The van der Waals surface area contributed by atoms with Gasteiger partial charge in [-0.3, -0.25) is 0 Å². The predicted molar refractivity (Wildman–Crippen MR) is 189 cm³/mol. The Morgan fingerprint density at radius 1 is 0.733 bits per heavy atom. The molecule has 1 aliphatic carbocycles. The molecule has 3 aromatic rings. The number of halogens is 1. The molecule has 0 N–H and O–H groups in total. The highest BCUT2D eigenvalue weighted by molar-refractivity contribution is 6.03. The minimum absolute atomic E-state index is 0. The van der Waals surface area contributed by atoms with Crippen molar-refractivity contribution in [3.63, 3.8) is 0 Å². The fourth-order valence-corrected chi connectivity index (χ4v) is 7.80. The molecule has 0 saturated carbocycles. The van der Waals surface area contributed by atoms with Crippen LogP contribution in [0, 0.1) is 0 Å². The Morgan fingerprint density at radius 2 is 1.42 bits per heavy atom. The molecule has 0 atom stereocenters. The van der Waals surface area contributed by atoms with Crippen molar-refractivity contribution in [2.75, 3.05) is 18.0 Å². The lowest BCUT2D eigenvalue weighted by molar-refractivity contribution is -0.437. The first-order chi connectivity index (χ1) is 21.3. The molecule has 0 saturated heterocycles. The van der Waals surface area contributed by atoms with E-state index in [2.05, 4.69) is 154 Å². The molecule has 3 heteroatoms. The summed E-state index contributed by atoms with van der Waals surface area (Å²) in [6.07, 6.45) is 15.4. The van der Waals surface area contributed by atoms with Gasteiger partial charge in [0.15, 0.2) is 5.71 Å². The first-order valence-electron chi connectivity index (χ1n) is 16.8. The summed E-state index contributed by atoms with van der Waals surface area (Å²) in [5, 5.41) is 0. The molecular weight excluding hydrogens is 568 g/mol. The zero-order valence-corrected chi connectivity index (χ0v) is 28.8. The molecule has 6 rings (SSSR count). The van der Waals surface area contributed by atoms with Crippen LogP contribution in [0.2, 0.25) is 0 Å². The van der Waals surface area contributed by atoms with Crippen molar-refractivity contribution in [3.05, 3.63) is 137 Å². The number of rotatable bonds is 8. The SMILES string of the molecule is CCCN1C(=CC=C2CCCC(C=CC3=[N+](CCC)c4ccccc4C3(C)C)=C2c2ccccc2)C(C)(C)c2ccccc21.[Cl-]. The van der Waals surface area contributed by atoms with Gasteiger partial charge < -0.3 is 17.3 Å². The monoisotopic (exact) mass is 616 g/mol. The highest BCUT2D eigenvalue weighted by Crippen LogP contribution is 2.48. The van der Waals surface area contributed by atoms with Crippen molar-refractivity contribution >= 4 is 22.7 Å². The van der Waals surface area contributed by atoms with Crippen molar-refractivity contribution in [1.29, 1.82) is 0 Å². The highest BCUT2D eigenvalue weighted by atomic mass is 35.5. The fraction of sp³-hybridized carbons (Fsp3) is 0.357. The van der Waals surface area contributed by atoms with Crippen LogP contribution in [0.3, 0.4) is 0 Å². The molecule has 2 nitrogen and oxygen atoms in total. The van der Waals surface area contributed by atoms with E-state index >= 15 is 0 Å². The van der Waals surface area contributed by atoms with Gasteiger partial charge in [0, 0.05) is 47.5 Å². The van der Waals surface area contributed by atoms with E-state index in [1.165, 1.54) is 62.6 Å². The topological polar surface area (TPSA) is 6.25 Å². The molecule has 0 bridgehead atoms. The summed E-state index contributed by atoms with van der Waals surface area (Å²) in [4.78, 5) is 2.56. The maximum Gasteiger partial charge on any atom is 0.209 e. The normalized spacial score (nSPS) is 20.3. The Kier molecular flexibility index (Phi) is 9.75. The number of fused-ring (bicyclic) bond motifs is 2. The Bertz CT molecular complexity index is 1700. The Hall–Kier alpha value is -3.62. The standard InChI is InChI=1S/C42H49N2.ClH/c1-7-29-43-36-23-14-12-21-34(36)41(3,4)38(43)27-25-32-19-16-20-33(40(32)31-17-10-9-11-18-31)26-28-39-42(5,6)35-22-13-15-24-37(35)44(39)30-8-2;/h9-15,17-18,21-28H,7-8,16,19-20,29-30H2,1-6H3;1H/q+1;/p-1. The quantitative estimate of drug-likeness (QED) is 0.235. The summed E-state index contributed by atoms with van der Waals surface area (Å²) in [7, 11) is 0. The molecular formula is C42H49ClN2. The third kappa shape index (κ3) is 5.90. The lowest BCUT2D eigenvalue weighted by Gasteiger charge is -2.27. The van der Waals surface area contributed by atoms with Gasteiger partial charge in [-0.2, -0.15) is 4.58 Å². The van der Waals surface area contributed by atoms with Crippen molar-refractivity contribution in [2.45, 2.75) is 84.5 Å². The third-order valence-electron chi connectivity index (χ3n) is 9.97. The van der Waals surface area contributed by atoms with E-state index in [-0.39, 0.29) is 23.2 Å². The van der Waals surface area contributed by atoms with E-state index in [1.807, 2.05) is 0 Å². The first-order valence-corrected chi connectivity index (χ1v) is 16.8. The molecule has 2 aliphatic heterocycles. The molecule has 234 valence electrons. The largest absolute Gasteiger partial charge is 1.00 e. The van der Waals surface area contributed by atoms with E-state index in [1.54, 1.807) is 0 Å². The second-order valence-corrected chi connectivity index (χ2v) is 13.7. The number of hydrogen-bond donors (Lipinski definition) is 0. The number of anilines is 1. The number of para-hydroxylation sites is 2. The van der Waals surface area contributed by atoms with E-state index < -0.39 is 0 Å². The lowest BCUT2D eigenvalue weighted by Crippen LogP contribution is -3.00. The van der Waals surface area contributed by atoms with Gasteiger partial charge in [-0.1, -0.05) is 107 Å². The van der Waals surface area contributed by atoms with E-state index in [0.717, 1.165) is 38.8 Å². The van der Waals surface area contributed by atoms with Gasteiger partial charge in [0.1, 0.15) is 6.54 Å². The summed E-state index contributed by atoms with van der Waals surface area (Å²) in [5.74, 6) is 0. The Labute approximate surface area is 278 Å². The van der Waals surface area contributed by atoms with Gasteiger partial charge in [-0.25, -0.2) is 0 Å². The average molecular weight is 617 g/mol. The Balaban J connectivity index is 0.00000400. The minimum Gasteiger partial charge on any atom is -1.00 e.